The Morgan fingerprint density at radius 2 is 1.97 bits per heavy atom. The van der Waals surface area contributed by atoms with Crippen LogP contribution in [-0.2, 0) is 13.0 Å². The van der Waals surface area contributed by atoms with E-state index in [1.165, 1.54) is 4.90 Å². The number of rotatable bonds is 4. The number of carbonyl (C=O) groups is 2. The number of amides is 2. The first kappa shape index (κ1) is 21.2. The van der Waals surface area contributed by atoms with Gasteiger partial charge >= 0.3 is 6.09 Å². The number of pyridine rings is 1. The molecule has 2 N–H and O–H groups in total. The fourth-order valence-electron chi connectivity index (χ4n) is 4.76. The number of carboxylic acid groups (broad SMARTS) is 1. The van der Waals surface area contributed by atoms with Crippen molar-refractivity contribution in [3.63, 3.8) is 0 Å². The van der Waals surface area contributed by atoms with Crippen LogP contribution in [0.4, 0.5) is 16.6 Å². The summed E-state index contributed by atoms with van der Waals surface area (Å²) < 4.78 is 2.08. The molecule has 0 radical (unpaired) electrons. The van der Waals surface area contributed by atoms with Crippen LogP contribution >= 0.6 is 0 Å². The maximum atomic E-state index is 12.9. The molecule has 0 spiro atoms. The summed E-state index contributed by atoms with van der Waals surface area (Å²) in [6, 6.07) is 5.84. The van der Waals surface area contributed by atoms with E-state index in [1.54, 1.807) is 25.2 Å². The van der Waals surface area contributed by atoms with Crippen molar-refractivity contribution in [2.75, 3.05) is 26.0 Å². The Bertz CT molecular complexity index is 1230. The Hall–Kier alpha value is -3.69. The van der Waals surface area contributed by atoms with Gasteiger partial charge in [-0.25, -0.2) is 14.8 Å². The molecule has 2 aliphatic rings. The molecule has 1 saturated carbocycles. The standard InChI is InChI=1S/C23H27N7O3/c1-28(2)21(31)18-11-15-12-24-22(27-20(15)30(18)16-5-3-4-6-16)26-19-8-7-14-13-29(23(32)33)10-9-17(14)25-19/h7-8,11-12,16H,3-6,9-10,13H2,1-2H3,(H,32,33)(H,24,25,26,27). The third kappa shape index (κ3) is 3.96. The number of hydrogen-bond acceptors (Lipinski definition) is 6. The Morgan fingerprint density at radius 3 is 2.70 bits per heavy atom. The molecule has 0 aromatic carbocycles. The molecule has 172 valence electrons. The molecule has 10 heteroatoms. The molecule has 1 aliphatic heterocycles. The normalized spacial score (nSPS) is 16.1. The van der Waals surface area contributed by atoms with E-state index in [4.69, 9.17) is 4.98 Å². The zero-order valence-electron chi connectivity index (χ0n) is 18.8. The predicted molar refractivity (Wildman–Crippen MR) is 123 cm³/mol. The van der Waals surface area contributed by atoms with Gasteiger partial charge in [0, 0.05) is 50.4 Å². The second-order valence-electron chi connectivity index (χ2n) is 8.89. The smallest absolute Gasteiger partial charge is 0.407 e. The van der Waals surface area contributed by atoms with Crippen LogP contribution in [0.15, 0.2) is 24.4 Å². The molecule has 3 aromatic rings. The van der Waals surface area contributed by atoms with Crippen LogP contribution in [-0.4, -0.2) is 67.1 Å². The molecule has 2 amide bonds. The third-order valence-corrected chi connectivity index (χ3v) is 6.45. The summed E-state index contributed by atoms with van der Waals surface area (Å²) in [5, 5.41) is 13.2. The van der Waals surface area contributed by atoms with Gasteiger partial charge in [0.1, 0.15) is 17.2 Å². The highest BCUT2D eigenvalue weighted by atomic mass is 16.4. The number of carbonyl (C=O) groups excluding carboxylic acids is 1. The lowest BCUT2D eigenvalue weighted by atomic mass is 10.1. The van der Waals surface area contributed by atoms with Crippen LogP contribution in [0, 0.1) is 0 Å². The topological polar surface area (TPSA) is 116 Å². The predicted octanol–water partition coefficient (Wildman–Crippen LogP) is 3.42. The summed E-state index contributed by atoms with van der Waals surface area (Å²) in [7, 11) is 3.52. The molecule has 33 heavy (non-hydrogen) atoms. The highest BCUT2D eigenvalue weighted by Gasteiger charge is 2.27. The highest BCUT2D eigenvalue weighted by Crippen LogP contribution is 2.35. The molecule has 4 heterocycles. The van der Waals surface area contributed by atoms with Crippen LogP contribution in [0.5, 0.6) is 0 Å². The van der Waals surface area contributed by atoms with Gasteiger partial charge in [0.25, 0.3) is 5.91 Å². The molecule has 0 saturated heterocycles. The second kappa shape index (κ2) is 8.34. The molecule has 1 aliphatic carbocycles. The first-order chi connectivity index (χ1) is 15.9. The van der Waals surface area contributed by atoms with Crippen LogP contribution < -0.4 is 5.32 Å². The molecule has 5 rings (SSSR count). The van der Waals surface area contributed by atoms with E-state index < -0.39 is 6.09 Å². The van der Waals surface area contributed by atoms with E-state index in [1.807, 2.05) is 18.2 Å². The number of fused-ring (bicyclic) bond motifs is 2. The molecule has 0 atom stereocenters. The first-order valence-electron chi connectivity index (χ1n) is 11.2. The fourth-order valence-corrected chi connectivity index (χ4v) is 4.76. The summed E-state index contributed by atoms with van der Waals surface area (Å²) in [5.74, 6) is 0.987. The van der Waals surface area contributed by atoms with Crippen LogP contribution in [0.25, 0.3) is 11.0 Å². The monoisotopic (exact) mass is 449 g/mol. The Morgan fingerprint density at radius 1 is 1.18 bits per heavy atom. The summed E-state index contributed by atoms with van der Waals surface area (Å²) in [4.78, 5) is 41.0. The Kier molecular flexibility index (Phi) is 5.35. The van der Waals surface area contributed by atoms with Crippen LogP contribution in [0.2, 0.25) is 0 Å². The second-order valence-corrected chi connectivity index (χ2v) is 8.89. The summed E-state index contributed by atoms with van der Waals surface area (Å²) >= 11 is 0. The van der Waals surface area contributed by atoms with Crippen LogP contribution in [0.3, 0.4) is 0 Å². The summed E-state index contributed by atoms with van der Waals surface area (Å²) in [6.07, 6.45) is 5.75. The van der Waals surface area contributed by atoms with Gasteiger partial charge in [-0.3, -0.25) is 4.79 Å². The van der Waals surface area contributed by atoms with E-state index >= 15 is 0 Å². The van der Waals surface area contributed by atoms with Gasteiger partial charge in [-0.15, -0.1) is 0 Å². The van der Waals surface area contributed by atoms with Crippen molar-refractivity contribution >= 4 is 34.8 Å². The van der Waals surface area contributed by atoms with E-state index in [9.17, 15) is 14.7 Å². The maximum absolute atomic E-state index is 12.9. The van der Waals surface area contributed by atoms with Gasteiger partial charge in [-0.05, 0) is 30.5 Å². The molecule has 3 aromatic heterocycles. The molecule has 0 bridgehead atoms. The fraction of sp³-hybridized carbons (Fsp3) is 0.435. The van der Waals surface area contributed by atoms with Crippen molar-refractivity contribution in [2.24, 2.45) is 0 Å². The molecular weight excluding hydrogens is 422 g/mol. The average Bonchev–Trinajstić information content (AvgIpc) is 3.45. The minimum atomic E-state index is -0.915. The zero-order chi connectivity index (χ0) is 23.1. The van der Waals surface area contributed by atoms with Crippen molar-refractivity contribution in [3.05, 3.63) is 41.3 Å². The highest BCUT2D eigenvalue weighted by molar-refractivity contribution is 5.97. The van der Waals surface area contributed by atoms with Crippen molar-refractivity contribution in [1.29, 1.82) is 0 Å². The lowest BCUT2D eigenvalue weighted by molar-refractivity contribution is 0.0815. The third-order valence-electron chi connectivity index (χ3n) is 6.45. The van der Waals surface area contributed by atoms with Gasteiger partial charge in [-0.2, -0.15) is 4.98 Å². The van der Waals surface area contributed by atoms with Gasteiger partial charge in [-0.1, -0.05) is 18.9 Å². The van der Waals surface area contributed by atoms with E-state index in [0.717, 1.165) is 48.0 Å². The van der Waals surface area contributed by atoms with Gasteiger partial charge < -0.3 is 24.8 Å². The first-order valence-corrected chi connectivity index (χ1v) is 11.2. The van der Waals surface area contributed by atoms with E-state index in [-0.39, 0.29) is 11.9 Å². The zero-order valence-corrected chi connectivity index (χ0v) is 18.8. The lowest BCUT2D eigenvalue weighted by Gasteiger charge is -2.25. The number of hydrogen-bond donors (Lipinski definition) is 2. The largest absolute Gasteiger partial charge is 0.465 e. The number of nitrogens with zero attached hydrogens (tertiary/aromatic N) is 6. The molecule has 10 nitrogen and oxygen atoms in total. The lowest BCUT2D eigenvalue weighted by Crippen LogP contribution is -2.35. The minimum absolute atomic E-state index is 0.0406. The molecular formula is C23H27N7O3. The van der Waals surface area contributed by atoms with Gasteiger partial charge in [0.05, 0.1) is 6.54 Å². The van der Waals surface area contributed by atoms with Crippen molar-refractivity contribution in [2.45, 2.75) is 44.7 Å². The van der Waals surface area contributed by atoms with Crippen molar-refractivity contribution in [3.8, 4) is 0 Å². The summed E-state index contributed by atoms with van der Waals surface area (Å²) in [5.41, 5.74) is 3.18. The van der Waals surface area contributed by atoms with Gasteiger partial charge in [0.2, 0.25) is 5.95 Å². The SMILES string of the molecule is CN(C)C(=O)c1cc2cnc(Nc3ccc4c(n3)CCN(C(=O)O)C4)nc2n1C1CCCC1. The van der Waals surface area contributed by atoms with E-state index in [0.29, 0.717) is 37.0 Å². The number of anilines is 2. The maximum Gasteiger partial charge on any atom is 0.407 e. The summed E-state index contributed by atoms with van der Waals surface area (Å²) in [6.45, 7) is 0.775. The van der Waals surface area contributed by atoms with Crippen molar-refractivity contribution < 1.29 is 14.7 Å². The quantitative estimate of drug-likeness (QED) is 0.627. The Balaban J connectivity index is 1.47. The number of aromatic nitrogens is 4. The number of nitrogens with one attached hydrogen (secondary N) is 1. The minimum Gasteiger partial charge on any atom is -0.465 e. The van der Waals surface area contributed by atoms with E-state index in [2.05, 4.69) is 19.9 Å². The molecule has 1 fully saturated rings. The molecule has 0 unspecified atom stereocenters. The van der Waals surface area contributed by atoms with Gasteiger partial charge in [0.15, 0.2) is 0 Å². The Labute approximate surface area is 191 Å². The average molecular weight is 450 g/mol. The van der Waals surface area contributed by atoms with Crippen molar-refractivity contribution in [1.82, 2.24) is 29.3 Å². The van der Waals surface area contributed by atoms with Crippen LogP contribution in [0.1, 0.15) is 53.5 Å².